The van der Waals surface area contributed by atoms with Crippen LogP contribution in [0.15, 0.2) is 54.7 Å². The van der Waals surface area contributed by atoms with Crippen molar-refractivity contribution >= 4 is 40.2 Å². The van der Waals surface area contributed by atoms with E-state index in [0.29, 0.717) is 42.9 Å². The van der Waals surface area contributed by atoms with Gasteiger partial charge in [-0.05, 0) is 67.2 Å². The summed E-state index contributed by atoms with van der Waals surface area (Å²) in [6.45, 7) is 2.79. The van der Waals surface area contributed by atoms with Gasteiger partial charge in [0, 0.05) is 36.2 Å². The van der Waals surface area contributed by atoms with E-state index in [2.05, 4.69) is 20.5 Å². The van der Waals surface area contributed by atoms with Gasteiger partial charge in [0.2, 0.25) is 5.91 Å². The first-order chi connectivity index (χ1) is 17.4. The van der Waals surface area contributed by atoms with Crippen LogP contribution in [0.4, 0.5) is 15.0 Å². The first kappa shape index (κ1) is 25.8. The monoisotopic (exact) mass is 513 g/mol. The summed E-state index contributed by atoms with van der Waals surface area (Å²) in [4.78, 5) is 32.3. The van der Waals surface area contributed by atoms with Crippen LogP contribution in [0.3, 0.4) is 0 Å². The van der Waals surface area contributed by atoms with E-state index in [1.165, 1.54) is 12.1 Å². The fraction of sp³-hybridized carbons (Fsp3) is 0.346. The molecule has 2 heterocycles. The largest absolute Gasteiger partial charge is 0.448 e. The molecule has 0 saturated carbocycles. The van der Waals surface area contributed by atoms with Crippen molar-refractivity contribution < 1.29 is 18.7 Å². The number of ether oxygens (including phenoxy) is 1. The number of hydrogen-bond acceptors (Lipinski definition) is 6. The molecule has 0 bridgehead atoms. The number of benzene rings is 2. The van der Waals surface area contributed by atoms with E-state index >= 15 is 0 Å². The zero-order valence-corrected chi connectivity index (χ0v) is 20.6. The number of halogens is 2. The van der Waals surface area contributed by atoms with E-state index in [-0.39, 0.29) is 30.7 Å². The van der Waals surface area contributed by atoms with Gasteiger partial charge < -0.3 is 20.7 Å². The Bertz CT molecular complexity index is 1230. The molecule has 1 aliphatic heterocycles. The summed E-state index contributed by atoms with van der Waals surface area (Å²) in [6.07, 6.45) is 1.84. The zero-order valence-electron chi connectivity index (χ0n) is 19.8. The summed E-state index contributed by atoms with van der Waals surface area (Å²) in [5, 5.41) is 7.46. The molecule has 10 heteroatoms. The Morgan fingerprint density at radius 1 is 1.14 bits per heavy atom. The molecular weight excluding hydrogens is 485 g/mol. The molecular formula is C26H29ClFN5O3. The van der Waals surface area contributed by atoms with Crippen molar-refractivity contribution in [2.75, 3.05) is 38.1 Å². The summed E-state index contributed by atoms with van der Waals surface area (Å²) in [5.74, 6) is -0.344. The smallest absolute Gasteiger partial charge is 0.412 e. The van der Waals surface area contributed by atoms with E-state index in [4.69, 9.17) is 22.1 Å². The quantitative estimate of drug-likeness (QED) is 0.421. The number of aromatic nitrogens is 1. The molecule has 190 valence electrons. The predicted molar refractivity (Wildman–Crippen MR) is 137 cm³/mol. The van der Waals surface area contributed by atoms with Crippen LogP contribution in [0.1, 0.15) is 18.4 Å². The third-order valence-corrected chi connectivity index (χ3v) is 6.90. The summed E-state index contributed by atoms with van der Waals surface area (Å²) < 4.78 is 19.1. The number of nitrogens with zero attached hydrogens (tertiary/aromatic N) is 2. The predicted octanol–water partition coefficient (Wildman–Crippen LogP) is 3.93. The van der Waals surface area contributed by atoms with E-state index in [1.54, 1.807) is 24.4 Å². The number of piperidine rings is 1. The average Bonchev–Trinajstić information content (AvgIpc) is 2.88. The third kappa shape index (κ3) is 6.29. The fourth-order valence-electron chi connectivity index (χ4n) is 4.35. The SMILES string of the molecule is NCCN1CCC(COC(=O)Nc2cc3cc(F)ccc3cn2)(C(=O)NCc2ccccc2Cl)CC1. The van der Waals surface area contributed by atoms with E-state index < -0.39 is 11.5 Å². The van der Waals surface area contributed by atoms with Crippen LogP contribution in [0, 0.1) is 11.2 Å². The molecule has 0 atom stereocenters. The van der Waals surface area contributed by atoms with Crippen LogP contribution in [0.5, 0.6) is 0 Å². The van der Waals surface area contributed by atoms with E-state index in [1.807, 2.05) is 18.2 Å². The minimum absolute atomic E-state index is 0.0914. The summed E-state index contributed by atoms with van der Waals surface area (Å²) in [7, 11) is 0. The van der Waals surface area contributed by atoms with E-state index in [0.717, 1.165) is 17.5 Å². The maximum Gasteiger partial charge on any atom is 0.412 e. The lowest BCUT2D eigenvalue weighted by atomic mass is 9.78. The second-order valence-corrected chi connectivity index (χ2v) is 9.35. The summed E-state index contributed by atoms with van der Waals surface area (Å²) in [5.41, 5.74) is 5.61. The average molecular weight is 514 g/mol. The molecule has 1 saturated heterocycles. The molecule has 4 rings (SSSR count). The number of fused-ring (bicyclic) bond motifs is 1. The normalized spacial score (nSPS) is 15.4. The highest BCUT2D eigenvalue weighted by atomic mass is 35.5. The zero-order chi connectivity index (χ0) is 25.5. The molecule has 0 spiro atoms. The maximum atomic E-state index is 13.6. The summed E-state index contributed by atoms with van der Waals surface area (Å²) in [6, 6.07) is 13.2. The van der Waals surface area contributed by atoms with Crippen molar-refractivity contribution in [2.24, 2.45) is 11.1 Å². The highest BCUT2D eigenvalue weighted by Crippen LogP contribution is 2.33. The molecule has 2 aromatic carbocycles. The highest BCUT2D eigenvalue weighted by molar-refractivity contribution is 6.31. The van der Waals surface area contributed by atoms with Gasteiger partial charge in [0.05, 0.1) is 5.41 Å². The van der Waals surface area contributed by atoms with Crippen molar-refractivity contribution in [1.29, 1.82) is 0 Å². The highest BCUT2D eigenvalue weighted by Gasteiger charge is 2.42. The first-order valence-electron chi connectivity index (χ1n) is 11.8. The van der Waals surface area contributed by atoms with Gasteiger partial charge in [0.1, 0.15) is 18.2 Å². The number of amides is 2. The third-order valence-electron chi connectivity index (χ3n) is 6.53. The number of nitrogens with one attached hydrogen (secondary N) is 2. The molecule has 1 fully saturated rings. The molecule has 36 heavy (non-hydrogen) atoms. The number of hydrogen-bond donors (Lipinski definition) is 3. The Morgan fingerprint density at radius 2 is 1.92 bits per heavy atom. The fourth-order valence-corrected chi connectivity index (χ4v) is 4.56. The number of anilines is 1. The Labute approximate surface area is 214 Å². The molecule has 0 radical (unpaired) electrons. The van der Waals surface area contributed by atoms with Crippen LogP contribution in [-0.2, 0) is 16.1 Å². The molecule has 1 aliphatic rings. The number of likely N-dealkylation sites (tertiary alicyclic amines) is 1. The molecule has 8 nitrogen and oxygen atoms in total. The van der Waals surface area contributed by atoms with Crippen LogP contribution in [0.25, 0.3) is 10.8 Å². The van der Waals surface area contributed by atoms with Gasteiger partial charge in [-0.1, -0.05) is 29.8 Å². The van der Waals surface area contributed by atoms with Crippen molar-refractivity contribution in [3.63, 3.8) is 0 Å². The number of rotatable bonds is 8. The van der Waals surface area contributed by atoms with Crippen LogP contribution in [-0.4, -0.2) is 54.7 Å². The molecule has 4 N–H and O–H groups in total. The van der Waals surface area contributed by atoms with Crippen LogP contribution < -0.4 is 16.4 Å². The number of nitrogens with two attached hydrogens (primary N) is 1. The Hall–Kier alpha value is -3.27. The van der Waals surface area contributed by atoms with Gasteiger partial charge in [-0.2, -0.15) is 0 Å². The number of carbonyl (C=O) groups excluding carboxylic acids is 2. The maximum absolute atomic E-state index is 13.6. The molecule has 0 aliphatic carbocycles. The van der Waals surface area contributed by atoms with Crippen LogP contribution >= 0.6 is 11.6 Å². The van der Waals surface area contributed by atoms with Crippen molar-refractivity contribution in [3.8, 4) is 0 Å². The van der Waals surface area contributed by atoms with Crippen molar-refractivity contribution in [3.05, 3.63) is 71.1 Å². The van der Waals surface area contributed by atoms with Gasteiger partial charge in [0.25, 0.3) is 0 Å². The Morgan fingerprint density at radius 3 is 2.67 bits per heavy atom. The molecule has 3 aromatic rings. The lowest BCUT2D eigenvalue weighted by Gasteiger charge is -2.40. The van der Waals surface area contributed by atoms with Crippen LogP contribution in [0.2, 0.25) is 5.02 Å². The van der Waals surface area contributed by atoms with Gasteiger partial charge >= 0.3 is 6.09 Å². The second-order valence-electron chi connectivity index (χ2n) is 8.95. The van der Waals surface area contributed by atoms with E-state index in [9.17, 15) is 14.0 Å². The van der Waals surface area contributed by atoms with Gasteiger partial charge in [0.15, 0.2) is 0 Å². The lowest BCUT2D eigenvalue weighted by Crippen LogP contribution is -2.52. The number of pyridine rings is 1. The summed E-state index contributed by atoms with van der Waals surface area (Å²) >= 11 is 6.23. The van der Waals surface area contributed by atoms with Crippen molar-refractivity contribution in [2.45, 2.75) is 19.4 Å². The minimum Gasteiger partial charge on any atom is -0.448 e. The van der Waals surface area contributed by atoms with Gasteiger partial charge in [-0.15, -0.1) is 0 Å². The standard InChI is InChI=1S/C26H29ClFN5O3/c27-22-4-2-1-3-19(22)16-31-24(34)26(7-10-33(11-8-26)12-9-29)17-36-25(35)32-23-14-20-13-21(28)6-5-18(20)15-30-23/h1-6,13-15H,7-12,16-17,29H2,(H,31,34)(H,30,32,35). The molecule has 1 aromatic heterocycles. The Balaban J connectivity index is 1.41. The molecule has 2 amide bonds. The first-order valence-corrected chi connectivity index (χ1v) is 12.2. The van der Waals surface area contributed by atoms with Gasteiger partial charge in [-0.25, -0.2) is 14.2 Å². The van der Waals surface area contributed by atoms with Crippen molar-refractivity contribution in [1.82, 2.24) is 15.2 Å². The number of carbonyl (C=O) groups is 2. The topological polar surface area (TPSA) is 110 Å². The minimum atomic E-state index is -0.885. The Kier molecular flexibility index (Phi) is 8.35. The van der Waals surface area contributed by atoms with Gasteiger partial charge in [-0.3, -0.25) is 10.1 Å². The molecule has 0 unspecified atom stereocenters. The second kappa shape index (κ2) is 11.6. The lowest BCUT2D eigenvalue weighted by molar-refractivity contribution is -0.137.